The van der Waals surface area contributed by atoms with Crippen molar-refractivity contribution in [1.82, 2.24) is 0 Å². The molecule has 0 amide bonds. The quantitative estimate of drug-likeness (QED) is 0.130. The van der Waals surface area contributed by atoms with Gasteiger partial charge in [-0.2, -0.15) is 0 Å². The summed E-state index contributed by atoms with van der Waals surface area (Å²) in [7, 11) is 0. The first-order chi connectivity index (χ1) is 26.6. The predicted molar refractivity (Wildman–Crippen MR) is 243 cm³/mol. The number of benzene rings is 4. The van der Waals surface area contributed by atoms with Gasteiger partial charge in [0.1, 0.15) is 0 Å². The van der Waals surface area contributed by atoms with Crippen LogP contribution in [0.2, 0.25) is 0 Å². The molecule has 4 aromatic carbocycles. The Morgan fingerprint density at radius 3 is 2.24 bits per heavy atom. The molecule has 0 nitrogen and oxygen atoms in total. The molecule has 2 heterocycles. The highest BCUT2D eigenvalue weighted by Crippen LogP contribution is 2.35. The molecule has 2 heteroatoms. The lowest BCUT2D eigenvalue weighted by Crippen LogP contribution is -2.29. The van der Waals surface area contributed by atoms with Crippen molar-refractivity contribution in [2.45, 2.75) is 12.8 Å². The third-order valence-electron chi connectivity index (χ3n) is 9.49. The molecular formula is C52H42S2. The van der Waals surface area contributed by atoms with E-state index < -0.39 is 0 Å². The molecule has 0 atom stereocenters. The zero-order valence-corrected chi connectivity index (χ0v) is 32.0. The summed E-state index contributed by atoms with van der Waals surface area (Å²) >= 11 is 3.58. The van der Waals surface area contributed by atoms with Gasteiger partial charge in [0.15, 0.2) is 0 Å². The van der Waals surface area contributed by atoms with Crippen molar-refractivity contribution in [2.24, 2.45) is 0 Å². The van der Waals surface area contributed by atoms with Crippen LogP contribution in [0, 0.1) is 0 Å². The zero-order chi connectivity index (χ0) is 37.3. The summed E-state index contributed by atoms with van der Waals surface area (Å²) in [5.41, 5.74) is 7.69. The molecule has 0 spiro atoms. The van der Waals surface area contributed by atoms with E-state index in [4.69, 9.17) is 0 Å². The fourth-order valence-corrected chi connectivity index (χ4v) is 8.57. The van der Waals surface area contributed by atoms with Gasteiger partial charge in [-0.3, -0.25) is 0 Å². The lowest BCUT2D eigenvalue weighted by Gasteiger charge is -2.11. The lowest BCUT2D eigenvalue weighted by molar-refractivity contribution is 1.05. The Balaban J connectivity index is 1.36. The molecule has 1 aliphatic rings. The van der Waals surface area contributed by atoms with Crippen LogP contribution in [0.4, 0.5) is 0 Å². The van der Waals surface area contributed by atoms with Gasteiger partial charge in [-0.15, -0.1) is 22.7 Å². The summed E-state index contributed by atoms with van der Waals surface area (Å²) in [6, 6.07) is 38.0. The Hall–Kier alpha value is -6.06. The molecule has 0 bridgehead atoms. The second-order valence-electron chi connectivity index (χ2n) is 13.0. The summed E-state index contributed by atoms with van der Waals surface area (Å²) in [5.74, 6) is 0. The van der Waals surface area contributed by atoms with E-state index in [1.54, 1.807) is 17.4 Å². The van der Waals surface area contributed by atoms with E-state index in [0.29, 0.717) is 0 Å². The average Bonchev–Trinajstić information content (AvgIpc) is 3.66. The maximum Gasteiger partial charge on any atom is 0.0355 e. The molecule has 0 saturated heterocycles. The second kappa shape index (κ2) is 17.2. The Labute approximate surface area is 326 Å². The van der Waals surface area contributed by atoms with Gasteiger partial charge in [0, 0.05) is 19.7 Å². The topological polar surface area (TPSA) is 0 Å². The van der Waals surface area contributed by atoms with Gasteiger partial charge in [0.05, 0.1) is 0 Å². The minimum atomic E-state index is 0.934. The smallest absolute Gasteiger partial charge is 0.0355 e. The number of hydrogen-bond donors (Lipinski definition) is 0. The molecule has 0 radical (unpaired) electrons. The number of fused-ring (bicyclic) bond motifs is 5. The van der Waals surface area contributed by atoms with Crippen LogP contribution in [0.15, 0.2) is 213 Å². The van der Waals surface area contributed by atoms with Crippen LogP contribution in [-0.4, -0.2) is 0 Å². The highest BCUT2D eigenvalue weighted by atomic mass is 32.1. The van der Waals surface area contributed by atoms with Gasteiger partial charge in [0.25, 0.3) is 0 Å². The summed E-state index contributed by atoms with van der Waals surface area (Å²) in [6.07, 6.45) is 26.6. The Bertz CT molecular complexity index is 2780. The second-order valence-corrected chi connectivity index (χ2v) is 15.1. The van der Waals surface area contributed by atoms with Gasteiger partial charge in [-0.25, -0.2) is 0 Å². The number of rotatable bonds is 9. The molecular weight excluding hydrogens is 689 g/mol. The Kier molecular flexibility index (Phi) is 11.5. The molecule has 0 saturated carbocycles. The van der Waals surface area contributed by atoms with E-state index >= 15 is 0 Å². The maximum atomic E-state index is 4.53. The molecule has 0 aliphatic heterocycles. The van der Waals surface area contributed by atoms with Crippen molar-refractivity contribution in [3.8, 4) is 11.1 Å². The highest BCUT2D eigenvalue weighted by molar-refractivity contribution is 7.20. The van der Waals surface area contributed by atoms with Crippen LogP contribution in [0.25, 0.3) is 59.3 Å². The SMILES string of the molecule is C=C/C=C\C(C=C)=C\C(=C)C1=c2\ccccc2=C(c2cccc(-c3cccsc4cc5c(ccc6sc(/C=C\C=C)cc65)cc4cc3)c2)C=CCC\C=C\1. The van der Waals surface area contributed by atoms with E-state index in [0.717, 1.165) is 40.3 Å². The maximum absolute atomic E-state index is 4.53. The fourth-order valence-electron chi connectivity index (χ4n) is 6.83. The molecule has 262 valence electrons. The van der Waals surface area contributed by atoms with Gasteiger partial charge < -0.3 is 0 Å². The summed E-state index contributed by atoms with van der Waals surface area (Å²) in [6.45, 7) is 16.2. The van der Waals surface area contributed by atoms with Crippen LogP contribution in [0.5, 0.6) is 0 Å². The average molecular weight is 731 g/mol. The van der Waals surface area contributed by atoms with E-state index in [2.05, 4.69) is 171 Å². The van der Waals surface area contributed by atoms with Crippen LogP contribution >= 0.6 is 22.7 Å². The standard InChI is InChI=1S/C52H42S2/c1-5-8-18-38(7-3)32-37(4)45-23-12-10-11-13-24-46(48-26-15-14-25-47(45)48)41-20-16-19-40(33-41)39-21-17-31-53-52-36-49-42(34-43(52)28-27-39)29-30-51-50(49)35-44(54-51)22-9-6-2/h5-9,12-36H,1-4,10-11H2/b18-8-,22-9-,23-12+,24-13?,28-27?,31-17?,38-32+,39-21?,47-45+,48-46?. The largest absolute Gasteiger partial charge is 0.144 e. The van der Waals surface area contributed by atoms with Gasteiger partial charge in [0.2, 0.25) is 0 Å². The van der Waals surface area contributed by atoms with Crippen molar-refractivity contribution >= 4 is 70.8 Å². The summed E-state index contributed by atoms with van der Waals surface area (Å²) in [4.78, 5) is 1.24. The molecule has 2 aromatic heterocycles. The van der Waals surface area contributed by atoms with Crippen molar-refractivity contribution in [3.05, 3.63) is 234 Å². The van der Waals surface area contributed by atoms with Gasteiger partial charge in [-0.1, -0.05) is 160 Å². The first-order valence-electron chi connectivity index (χ1n) is 18.2. The first kappa shape index (κ1) is 36.3. The van der Waals surface area contributed by atoms with E-state index in [1.807, 2.05) is 41.7 Å². The van der Waals surface area contributed by atoms with Crippen LogP contribution < -0.4 is 10.4 Å². The fraction of sp³-hybridized carbons (Fsp3) is 0.0385. The first-order valence-corrected chi connectivity index (χ1v) is 19.9. The third kappa shape index (κ3) is 8.11. The van der Waals surface area contributed by atoms with Crippen molar-refractivity contribution in [1.29, 1.82) is 0 Å². The van der Waals surface area contributed by atoms with E-state index in [9.17, 15) is 0 Å². The molecule has 6 aromatic rings. The Morgan fingerprint density at radius 2 is 1.41 bits per heavy atom. The third-order valence-corrected chi connectivity index (χ3v) is 11.5. The summed E-state index contributed by atoms with van der Waals surface area (Å²) < 4.78 is 2.54. The van der Waals surface area contributed by atoms with Gasteiger partial charge in [-0.05, 0) is 126 Å². The zero-order valence-electron chi connectivity index (χ0n) is 30.4. The minimum absolute atomic E-state index is 0.934. The highest BCUT2D eigenvalue weighted by Gasteiger charge is 2.09. The van der Waals surface area contributed by atoms with Crippen molar-refractivity contribution in [3.63, 3.8) is 0 Å². The van der Waals surface area contributed by atoms with Crippen molar-refractivity contribution < 1.29 is 0 Å². The molecule has 7 rings (SSSR count). The van der Waals surface area contributed by atoms with E-state index in [-0.39, 0.29) is 0 Å². The van der Waals surface area contributed by atoms with Crippen LogP contribution in [0.1, 0.15) is 23.3 Å². The lowest BCUT2D eigenvalue weighted by atomic mass is 9.93. The van der Waals surface area contributed by atoms with E-state index in [1.165, 1.54) is 57.7 Å². The summed E-state index contributed by atoms with van der Waals surface area (Å²) in [5, 5.41) is 9.55. The monoisotopic (exact) mass is 730 g/mol. The minimum Gasteiger partial charge on any atom is -0.144 e. The number of hydrogen-bond acceptors (Lipinski definition) is 2. The van der Waals surface area contributed by atoms with Crippen LogP contribution in [-0.2, 0) is 0 Å². The van der Waals surface area contributed by atoms with Gasteiger partial charge >= 0.3 is 0 Å². The normalized spacial score (nSPS) is 15.0. The number of thiophene rings is 1. The van der Waals surface area contributed by atoms with Crippen LogP contribution in [0.3, 0.4) is 0 Å². The molecule has 0 fully saturated rings. The predicted octanol–water partition coefficient (Wildman–Crippen LogP) is 13.9. The molecule has 0 unspecified atom stereocenters. The molecule has 1 aliphatic carbocycles. The van der Waals surface area contributed by atoms with Crippen molar-refractivity contribution in [2.75, 3.05) is 0 Å². The Morgan fingerprint density at radius 1 is 0.630 bits per heavy atom. The number of allylic oxidation sites excluding steroid dienone is 13. The molecule has 0 N–H and O–H groups in total. The molecule has 54 heavy (non-hydrogen) atoms.